The van der Waals surface area contributed by atoms with E-state index < -0.39 is 29.9 Å². The Morgan fingerprint density at radius 2 is 1.60 bits per heavy atom. The number of rotatable bonds is 7. The van der Waals surface area contributed by atoms with E-state index in [0.717, 1.165) is 11.1 Å². The molecule has 1 amide bonds. The van der Waals surface area contributed by atoms with E-state index in [2.05, 4.69) is 5.32 Å². The lowest BCUT2D eigenvalue weighted by Gasteiger charge is -2.22. The molecule has 0 bridgehead atoms. The molecule has 0 radical (unpaired) electrons. The molecular weight excluding hydrogens is 318 g/mol. The van der Waals surface area contributed by atoms with Crippen LogP contribution in [0.5, 0.6) is 0 Å². The van der Waals surface area contributed by atoms with Crippen LogP contribution >= 0.6 is 0 Å². The Balaban J connectivity index is 2.06. The Morgan fingerprint density at radius 3 is 2.16 bits per heavy atom. The summed E-state index contributed by atoms with van der Waals surface area (Å²) < 4.78 is 4.78. The second kappa shape index (κ2) is 8.99. The normalized spacial score (nSPS) is 14.2. The molecule has 2 aromatic rings. The van der Waals surface area contributed by atoms with Gasteiger partial charge in [0.25, 0.3) is 0 Å². The summed E-state index contributed by atoms with van der Waals surface area (Å²) in [5.74, 6) is -1.53. The fourth-order valence-electron chi connectivity index (χ4n) is 2.61. The second-order valence-corrected chi connectivity index (χ2v) is 5.92. The van der Waals surface area contributed by atoms with Crippen molar-refractivity contribution in [1.29, 1.82) is 0 Å². The van der Waals surface area contributed by atoms with Crippen LogP contribution in [0.15, 0.2) is 60.7 Å². The first-order valence-corrected chi connectivity index (χ1v) is 8.18. The topological polar surface area (TPSA) is 75.6 Å². The highest BCUT2D eigenvalue weighted by Gasteiger charge is 2.28. The van der Waals surface area contributed by atoms with Gasteiger partial charge in [0.2, 0.25) is 5.91 Å². The molecule has 0 saturated carbocycles. The zero-order valence-corrected chi connectivity index (χ0v) is 14.4. The van der Waals surface area contributed by atoms with Crippen LogP contribution in [0.2, 0.25) is 0 Å². The number of esters is 1. The molecular formula is C20H23NO4. The standard InChI is InChI=1S/C20H23NO4/c1-14(16-11-7-4-8-12-16)18(22)19(23)21-17(20(24)25-2)13-15-9-5-3-6-10-15/h3-12,14,17-18,22H,13H2,1-2H3,(H,21,23). The third-order valence-electron chi connectivity index (χ3n) is 4.15. The Labute approximate surface area is 147 Å². The number of aliphatic hydroxyl groups excluding tert-OH is 1. The van der Waals surface area contributed by atoms with Crippen molar-refractivity contribution in [2.24, 2.45) is 0 Å². The number of amides is 1. The SMILES string of the molecule is COC(=O)C(Cc1ccccc1)NC(=O)C(O)C(C)c1ccccc1. The number of nitrogens with one attached hydrogen (secondary N) is 1. The molecule has 0 aromatic heterocycles. The van der Waals surface area contributed by atoms with Gasteiger partial charge in [0.1, 0.15) is 12.1 Å². The van der Waals surface area contributed by atoms with E-state index in [1.807, 2.05) is 60.7 Å². The highest BCUT2D eigenvalue weighted by molar-refractivity contribution is 5.87. The zero-order valence-electron chi connectivity index (χ0n) is 14.4. The summed E-state index contributed by atoms with van der Waals surface area (Å²) in [6.07, 6.45) is -0.962. The number of carbonyl (C=O) groups excluding carboxylic acids is 2. The van der Waals surface area contributed by atoms with Gasteiger partial charge in [-0.1, -0.05) is 67.6 Å². The van der Waals surface area contributed by atoms with Crippen LogP contribution in [-0.2, 0) is 20.7 Å². The van der Waals surface area contributed by atoms with E-state index in [0.29, 0.717) is 6.42 Å². The summed E-state index contributed by atoms with van der Waals surface area (Å²) in [5.41, 5.74) is 1.74. The molecule has 0 aliphatic carbocycles. The van der Waals surface area contributed by atoms with Gasteiger partial charge in [0, 0.05) is 12.3 Å². The summed E-state index contributed by atoms with van der Waals surface area (Å²) >= 11 is 0. The molecule has 5 heteroatoms. The molecule has 0 aliphatic rings. The largest absolute Gasteiger partial charge is 0.467 e. The quantitative estimate of drug-likeness (QED) is 0.756. The third-order valence-corrected chi connectivity index (χ3v) is 4.15. The number of aliphatic hydroxyl groups is 1. The average Bonchev–Trinajstić information content (AvgIpc) is 2.67. The highest BCUT2D eigenvalue weighted by atomic mass is 16.5. The minimum atomic E-state index is -1.26. The number of carbonyl (C=O) groups is 2. The lowest BCUT2D eigenvalue weighted by Crippen LogP contribution is -2.48. The van der Waals surface area contributed by atoms with Gasteiger partial charge in [-0.3, -0.25) is 4.79 Å². The van der Waals surface area contributed by atoms with Gasteiger partial charge in [0.05, 0.1) is 7.11 Å². The molecule has 2 N–H and O–H groups in total. The van der Waals surface area contributed by atoms with E-state index in [1.54, 1.807) is 6.92 Å². The van der Waals surface area contributed by atoms with Gasteiger partial charge in [0.15, 0.2) is 0 Å². The minimum absolute atomic E-state index is 0.297. The molecule has 25 heavy (non-hydrogen) atoms. The molecule has 3 unspecified atom stereocenters. The molecule has 0 spiro atoms. The number of methoxy groups -OCH3 is 1. The van der Waals surface area contributed by atoms with Gasteiger partial charge in [-0.2, -0.15) is 0 Å². The highest BCUT2D eigenvalue weighted by Crippen LogP contribution is 2.19. The summed E-state index contributed by atoms with van der Waals surface area (Å²) in [6.45, 7) is 1.77. The molecule has 2 rings (SSSR count). The summed E-state index contributed by atoms with van der Waals surface area (Å²) in [7, 11) is 1.27. The smallest absolute Gasteiger partial charge is 0.328 e. The van der Waals surface area contributed by atoms with E-state index >= 15 is 0 Å². The predicted octanol–water partition coefficient (Wildman–Crippen LogP) is 2.05. The number of benzene rings is 2. The molecule has 132 valence electrons. The monoisotopic (exact) mass is 341 g/mol. The van der Waals surface area contributed by atoms with Gasteiger partial charge in [-0.15, -0.1) is 0 Å². The second-order valence-electron chi connectivity index (χ2n) is 5.92. The van der Waals surface area contributed by atoms with Crippen LogP contribution in [0.25, 0.3) is 0 Å². The fourth-order valence-corrected chi connectivity index (χ4v) is 2.61. The van der Waals surface area contributed by atoms with Crippen molar-refractivity contribution in [2.75, 3.05) is 7.11 Å². The van der Waals surface area contributed by atoms with E-state index in [1.165, 1.54) is 7.11 Å². The fraction of sp³-hybridized carbons (Fsp3) is 0.300. The van der Waals surface area contributed by atoms with Crippen molar-refractivity contribution in [3.05, 3.63) is 71.8 Å². The molecule has 2 aromatic carbocycles. The maximum atomic E-state index is 12.4. The van der Waals surface area contributed by atoms with Gasteiger partial charge < -0.3 is 15.2 Å². The number of ether oxygens (including phenoxy) is 1. The van der Waals surface area contributed by atoms with Crippen molar-refractivity contribution in [3.63, 3.8) is 0 Å². The van der Waals surface area contributed by atoms with Crippen LogP contribution in [-0.4, -0.2) is 36.2 Å². The molecule has 5 nitrogen and oxygen atoms in total. The van der Waals surface area contributed by atoms with Crippen molar-refractivity contribution >= 4 is 11.9 Å². The first-order valence-electron chi connectivity index (χ1n) is 8.18. The van der Waals surface area contributed by atoms with Crippen molar-refractivity contribution in [3.8, 4) is 0 Å². The first kappa shape index (κ1) is 18.7. The predicted molar refractivity (Wildman–Crippen MR) is 95.0 cm³/mol. The third kappa shape index (κ3) is 5.16. The zero-order chi connectivity index (χ0) is 18.2. The maximum absolute atomic E-state index is 12.4. The lowest BCUT2D eigenvalue weighted by atomic mass is 9.94. The average molecular weight is 341 g/mol. The number of hydrogen-bond acceptors (Lipinski definition) is 4. The molecule has 0 fully saturated rings. The Bertz CT molecular complexity index is 687. The van der Waals surface area contributed by atoms with Crippen molar-refractivity contribution in [2.45, 2.75) is 31.4 Å². The van der Waals surface area contributed by atoms with Crippen LogP contribution in [0, 0.1) is 0 Å². The van der Waals surface area contributed by atoms with E-state index in [-0.39, 0.29) is 0 Å². The molecule has 3 atom stereocenters. The summed E-state index contributed by atoms with van der Waals surface area (Å²) in [6, 6.07) is 17.7. The first-order chi connectivity index (χ1) is 12.0. The van der Waals surface area contributed by atoms with E-state index in [4.69, 9.17) is 4.74 Å². The maximum Gasteiger partial charge on any atom is 0.328 e. The van der Waals surface area contributed by atoms with Gasteiger partial charge >= 0.3 is 5.97 Å². The van der Waals surface area contributed by atoms with Crippen LogP contribution < -0.4 is 5.32 Å². The Hall–Kier alpha value is -2.66. The summed E-state index contributed by atoms with van der Waals surface area (Å²) in [5, 5.41) is 12.9. The summed E-state index contributed by atoms with van der Waals surface area (Å²) in [4.78, 5) is 24.4. The molecule has 0 saturated heterocycles. The van der Waals surface area contributed by atoms with Crippen LogP contribution in [0.3, 0.4) is 0 Å². The Kier molecular flexibility index (Phi) is 6.71. The van der Waals surface area contributed by atoms with Gasteiger partial charge in [-0.25, -0.2) is 4.79 Å². The van der Waals surface area contributed by atoms with Crippen molar-refractivity contribution in [1.82, 2.24) is 5.32 Å². The van der Waals surface area contributed by atoms with Crippen LogP contribution in [0.4, 0.5) is 0 Å². The molecule has 0 aliphatic heterocycles. The minimum Gasteiger partial charge on any atom is -0.467 e. The van der Waals surface area contributed by atoms with Gasteiger partial charge in [-0.05, 0) is 11.1 Å². The number of hydrogen-bond donors (Lipinski definition) is 2. The Morgan fingerprint density at radius 1 is 1.04 bits per heavy atom. The van der Waals surface area contributed by atoms with Crippen LogP contribution in [0.1, 0.15) is 24.0 Å². The molecule has 0 heterocycles. The van der Waals surface area contributed by atoms with Crippen molar-refractivity contribution < 1.29 is 19.4 Å². The lowest BCUT2D eigenvalue weighted by molar-refractivity contribution is -0.146. The van der Waals surface area contributed by atoms with E-state index in [9.17, 15) is 14.7 Å².